The highest BCUT2D eigenvalue weighted by Crippen LogP contribution is 1.82. The van der Waals surface area contributed by atoms with E-state index in [4.69, 9.17) is 0 Å². The zero-order chi connectivity index (χ0) is 7.11. The van der Waals surface area contributed by atoms with Gasteiger partial charge >= 0.3 is 5.97 Å². The SMILES string of the molecule is [CH2]CCOC(=O)/C=C/C. The number of carbonyl (C=O) groups excluding carboxylic acids is 1. The van der Waals surface area contributed by atoms with E-state index in [0.29, 0.717) is 13.0 Å². The van der Waals surface area contributed by atoms with Crippen molar-refractivity contribution in [3.8, 4) is 0 Å². The second-order valence-corrected chi connectivity index (χ2v) is 1.52. The fourth-order valence-electron chi connectivity index (χ4n) is 0.357. The number of allylic oxidation sites excluding steroid dienone is 1. The standard InChI is InChI=1S/C7H11O2/c1-3-5-7(8)9-6-4-2/h3,5H,2,4,6H2,1H3/b5-3+. The number of hydrogen-bond donors (Lipinski definition) is 0. The van der Waals surface area contributed by atoms with E-state index in [1.165, 1.54) is 6.08 Å². The van der Waals surface area contributed by atoms with E-state index in [0.717, 1.165) is 0 Å². The average molecular weight is 127 g/mol. The third kappa shape index (κ3) is 5.07. The summed E-state index contributed by atoms with van der Waals surface area (Å²) in [5.74, 6) is -0.291. The minimum atomic E-state index is -0.291. The molecule has 51 valence electrons. The maximum absolute atomic E-state index is 10.5. The minimum absolute atomic E-state index is 0.291. The van der Waals surface area contributed by atoms with E-state index in [1.807, 2.05) is 0 Å². The summed E-state index contributed by atoms with van der Waals surface area (Å²) in [7, 11) is 0. The molecular formula is C7H11O2. The molecule has 0 heterocycles. The van der Waals surface area contributed by atoms with Gasteiger partial charge in [-0.15, -0.1) is 0 Å². The lowest BCUT2D eigenvalue weighted by molar-refractivity contribution is -0.137. The first kappa shape index (κ1) is 8.21. The van der Waals surface area contributed by atoms with Gasteiger partial charge in [0.25, 0.3) is 0 Å². The monoisotopic (exact) mass is 127 g/mol. The smallest absolute Gasteiger partial charge is 0.330 e. The lowest BCUT2D eigenvalue weighted by atomic mass is 10.5. The molecule has 0 aliphatic heterocycles. The van der Waals surface area contributed by atoms with E-state index < -0.39 is 0 Å². The summed E-state index contributed by atoms with van der Waals surface area (Å²) >= 11 is 0. The molecule has 0 saturated heterocycles. The van der Waals surface area contributed by atoms with Crippen molar-refractivity contribution in [2.75, 3.05) is 6.61 Å². The van der Waals surface area contributed by atoms with Crippen molar-refractivity contribution in [2.45, 2.75) is 13.3 Å². The summed E-state index contributed by atoms with van der Waals surface area (Å²) in [6.45, 7) is 5.69. The molecule has 1 radical (unpaired) electrons. The molecule has 2 nitrogen and oxygen atoms in total. The minimum Gasteiger partial charge on any atom is -0.463 e. The summed E-state index contributed by atoms with van der Waals surface area (Å²) in [4.78, 5) is 10.5. The maximum Gasteiger partial charge on any atom is 0.330 e. The third-order valence-electron chi connectivity index (χ3n) is 0.691. The molecule has 0 amide bonds. The van der Waals surface area contributed by atoms with Crippen LogP contribution in [0.4, 0.5) is 0 Å². The second-order valence-electron chi connectivity index (χ2n) is 1.52. The Morgan fingerprint density at radius 3 is 2.89 bits per heavy atom. The molecule has 0 N–H and O–H groups in total. The Labute approximate surface area is 55.5 Å². The van der Waals surface area contributed by atoms with Crippen LogP contribution in [0.15, 0.2) is 12.2 Å². The van der Waals surface area contributed by atoms with E-state index in [9.17, 15) is 4.79 Å². The first-order valence-electron chi connectivity index (χ1n) is 2.90. The van der Waals surface area contributed by atoms with Crippen LogP contribution in [-0.2, 0) is 9.53 Å². The topological polar surface area (TPSA) is 26.3 Å². The Morgan fingerprint density at radius 2 is 2.44 bits per heavy atom. The first-order valence-corrected chi connectivity index (χ1v) is 2.90. The molecule has 9 heavy (non-hydrogen) atoms. The molecule has 0 saturated carbocycles. The second kappa shape index (κ2) is 5.35. The van der Waals surface area contributed by atoms with E-state index >= 15 is 0 Å². The maximum atomic E-state index is 10.5. The van der Waals surface area contributed by atoms with Crippen LogP contribution in [0, 0.1) is 6.92 Å². The highest BCUT2D eigenvalue weighted by molar-refractivity contribution is 5.81. The molecule has 0 atom stereocenters. The Balaban J connectivity index is 3.27. The van der Waals surface area contributed by atoms with Gasteiger partial charge in [0, 0.05) is 6.08 Å². The number of carbonyl (C=O) groups is 1. The number of esters is 1. The first-order chi connectivity index (χ1) is 4.31. The molecule has 0 aromatic heterocycles. The van der Waals surface area contributed by atoms with Gasteiger partial charge in [-0.3, -0.25) is 0 Å². The van der Waals surface area contributed by atoms with Crippen LogP contribution in [0.3, 0.4) is 0 Å². The van der Waals surface area contributed by atoms with Crippen LogP contribution in [-0.4, -0.2) is 12.6 Å². The summed E-state index contributed by atoms with van der Waals surface area (Å²) in [6.07, 6.45) is 3.66. The Kier molecular flexibility index (Phi) is 4.88. The van der Waals surface area contributed by atoms with Gasteiger partial charge in [-0.1, -0.05) is 6.08 Å². The van der Waals surface area contributed by atoms with Crippen molar-refractivity contribution < 1.29 is 9.53 Å². The molecule has 0 aromatic rings. The van der Waals surface area contributed by atoms with Crippen LogP contribution >= 0.6 is 0 Å². The van der Waals surface area contributed by atoms with Gasteiger partial charge < -0.3 is 4.74 Å². The molecule has 0 spiro atoms. The van der Waals surface area contributed by atoms with Crippen LogP contribution in [0.2, 0.25) is 0 Å². The lowest BCUT2D eigenvalue weighted by Gasteiger charge is -1.95. The zero-order valence-corrected chi connectivity index (χ0v) is 5.59. The van der Waals surface area contributed by atoms with Crippen molar-refractivity contribution in [1.82, 2.24) is 0 Å². The third-order valence-corrected chi connectivity index (χ3v) is 0.691. The summed E-state index contributed by atoms with van der Waals surface area (Å²) < 4.78 is 4.64. The van der Waals surface area contributed by atoms with Gasteiger partial charge in [-0.25, -0.2) is 4.79 Å². The van der Waals surface area contributed by atoms with Gasteiger partial charge in [0.1, 0.15) is 0 Å². The normalized spacial score (nSPS) is 10.0. The molecule has 0 aromatic carbocycles. The summed E-state index contributed by atoms with van der Waals surface area (Å²) in [5.41, 5.74) is 0. The summed E-state index contributed by atoms with van der Waals surface area (Å²) in [5, 5.41) is 0. The van der Waals surface area contributed by atoms with E-state index in [1.54, 1.807) is 13.0 Å². The summed E-state index contributed by atoms with van der Waals surface area (Å²) in [6, 6.07) is 0. The van der Waals surface area contributed by atoms with Gasteiger partial charge in [-0.05, 0) is 20.3 Å². The number of hydrogen-bond acceptors (Lipinski definition) is 2. The fourth-order valence-corrected chi connectivity index (χ4v) is 0.357. The van der Waals surface area contributed by atoms with Crippen molar-refractivity contribution in [1.29, 1.82) is 0 Å². The fraction of sp³-hybridized carbons (Fsp3) is 0.429. The molecule has 0 fully saturated rings. The predicted molar refractivity (Wildman–Crippen MR) is 35.7 cm³/mol. The van der Waals surface area contributed by atoms with Crippen LogP contribution < -0.4 is 0 Å². The quantitative estimate of drug-likeness (QED) is 0.422. The highest BCUT2D eigenvalue weighted by atomic mass is 16.5. The molecule has 0 aliphatic carbocycles. The van der Waals surface area contributed by atoms with Gasteiger partial charge in [0.15, 0.2) is 0 Å². The average Bonchev–Trinajstić information content (AvgIpc) is 1.85. The van der Waals surface area contributed by atoms with Crippen LogP contribution in [0.25, 0.3) is 0 Å². The van der Waals surface area contributed by atoms with Crippen LogP contribution in [0.5, 0.6) is 0 Å². The molecule has 2 heteroatoms. The van der Waals surface area contributed by atoms with E-state index in [-0.39, 0.29) is 5.97 Å². The molecule has 0 aliphatic rings. The molecular weight excluding hydrogens is 116 g/mol. The zero-order valence-electron chi connectivity index (χ0n) is 5.59. The lowest BCUT2D eigenvalue weighted by Crippen LogP contribution is -2.00. The number of rotatable bonds is 3. The predicted octanol–water partition coefficient (Wildman–Crippen LogP) is 1.33. The van der Waals surface area contributed by atoms with Crippen molar-refractivity contribution >= 4 is 5.97 Å². The molecule has 0 rings (SSSR count). The van der Waals surface area contributed by atoms with E-state index in [2.05, 4.69) is 11.7 Å². The highest BCUT2D eigenvalue weighted by Gasteiger charge is 1.90. The van der Waals surface area contributed by atoms with Crippen molar-refractivity contribution in [3.05, 3.63) is 19.1 Å². The Morgan fingerprint density at radius 1 is 1.78 bits per heavy atom. The van der Waals surface area contributed by atoms with Crippen molar-refractivity contribution in [3.63, 3.8) is 0 Å². The molecule has 0 bridgehead atoms. The van der Waals surface area contributed by atoms with Gasteiger partial charge in [0.2, 0.25) is 0 Å². The van der Waals surface area contributed by atoms with Crippen LogP contribution in [0.1, 0.15) is 13.3 Å². The Bertz CT molecular complexity index is 105. The van der Waals surface area contributed by atoms with Gasteiger partial charge in [0.05, 0.1) is 6.61 Å². The van der Waals surface area contributed by atoms with Gasteiger partial charge in [-0.2, -0.15) is 0 Å². The van der Waals surface area contributed by atoms with Crippen molar-refractivity contribution in [2.24, 2.45) is 0 Å². The molecule has 0 unspecified atom stereocenters. The number of ether oxygens (including phenoxy) is 1. The largest absolute Gasteiger partial charge is 0.463 e. The Hall–Kier alpha value is -0.790.